The SMILES string of the molecule is CCc1nc2cc(N)ccc2n1CC1CCC(C)CC1. The molecule has 3 heteroatoms. The summed E-state index contributed by atoms with van der Waals surface area (Å²) < 4.78 is 2.43. The van der Waals surface area contributed by atoms with E-state index >= 15 is 0 Å². The van der Waals surface area contributed by atoms with Crippen LogP contribution < -0.4 is 5.73 Å². The zero-order valence-corrected chi connectivity index (χ0v) is 12.6. The minimum Gasteiger partial charge on any atom is -0.399 e. The van der Waals surface area contributed by atoms with Gasteiger partial charge in [0.05, 0.1) is 11.0 Å². The molecule has 0 saturated heterocycles. The summed E-state index contributed by atoms with van der Waals surface area (Å²) >= 11 is 0. The average Bonchev–Trinajstić information content (AvgIpc) is 2.78. The smallest absolute Gasteiger partial charge is 0.109 e. The van der Waals surface area contributed by atoms with Crippen LogP contribution in [-0.2, 0) is 13.0 Å². The van der Waals surface area contributed by atoms with Crippen LogP contribution in [0.15, 0.2) is 18.2 Å². The second kappa shape index (κ2) is 5.47. The molecule has 1 aromatic heterocycles. The number of fused-ring (bicyclic) bond motifs is 1. The third kappa shape index (κ3) is 2.54. The molecular formula is C17H25N3. The molecule has 2 N–H and O–H groups in total. The first-order valence-electron chi connectivity index (χ1n) is 7.92. The number of aromatic nitrogens is 2. The minimum atomic E-state index is 0.802. The van der Waals surface area contributed by atoms with Gasteiger partial charge in [0.25, 0.3) is 0 Å². The quantitative estimate of drug-likeness (QED) is 0.857. The van der Waals surface area contributed by atoms with Crippen LogP contribution in [0.25, 0.3) is 11.0 Å². The van der Waals surface area contributed by atoms with Crippen molar-refractivity contribution in [2.24, 2.45) is 11.8 Å². The Morgan fingerprint density at radius 2 is 2.00 bits per heavy atom. The highest BCUT2D eigenvalue weighted by Crippen LogP contribution is 2.31. The van der Waals surface area contributed by atoms with Crippen molar-refractivity contribution in [3.05, 3.63) is 24.0 Å². The zero-order valence-electron chi connectivity index (χ0n) is 12.6. The van der Waals surface area contributed by atoms with Gasteiger partial charge in [-0.05, 0) is 42.9 Å². The Morgan fingerprint density at radius 1 is 1.25 bits per heavy atom. The Morgan fingerprint density at radius 3 is 2.70 bits per heavy atom. The van der Waals surface area contributed by atoms with Crippen LogP contribution in [0.1, 0.15) is 45.4 Å². The van der Waals surface area contributed by atoms with Crippen molar-refractivity contribution in [3.63, 3.8) is 0 Å². The van der Waals surface area contributed by atoms with E-state index in [2.05, 4.69) is 24.5 Å². The number of imidazole rings is 1. The van der Waals surface area contributed by atoms with E-state index in [9.17, 15) is 0 Å². The maximum Gasteiger partial charge on any atom is 0.109 e. The molecule has 108 valence electrons. The van der Waals surface area contributed by atoms with E-state index in [0.29, 0.717) is 0 Å². The number of benzene rings is 1. The first kappa shape index (κ1) is 13.5. The lowest BCUT2D eigenvalue weighted by Gasteiger charge is -2.27. The highest BCUT2D eigenvalue weighted by molar-refractivity contribution is 5.79. The van der Waals surface area contributed by atoms with Crippen LogP contribution in [0, 0.1) is 11.8 Å². The molecule has 1 aromatic carbocycles. The van der Waals surface area contributed by atoms with Crippen molar-refractivity contribution in [1.82, 2.24) is 9.55 Å². The number of nitrogen functional groups attached to an aromatic ring is 1. The van der Waals surface area contributed by atoms with Crippen molar-refractivity contribution in [3.8, 4) is 0 Å². The van der Waals surface area contributed by atoms with Gasteiger partial charge in [-0.25, -0.2) is 4.98 Å². The molecule has 0 spiro atoms. The standard InChI is InChI=1S/C17H25N3/c1-3-17-19-15-10-14(18)8-9-16(15)20(17)11-13-6-4-12(2)5-7-13/h8-10,12-13H,3-7,11,18H2,1-2H3. The summed E-state index contributed by atoms with van der Waals surface area (Å²) in [7, 11) is 0. The largest absolute Gasteiger partial charge is 0.399 e. The molecule has 1 saturated carbocycles. The first-order chi connectivity index (χ1) is 9.67. The highest BCUT2D eigenvalue weighted by atomic mass is 15.1. The number of anilines is 1. The van der Waals surface area contributed by atoms with Crippen LogP contribution in [0.5, 0.6) is 0 Å². The van der Waals surface area contributed by atoms with Crippen LogP contribution in [0.2, 0.25) is 0 Å². The number of nitrogens with two attached hydrogens (primary N) is 1. The number of nitrogens with zero attached hydrogens (tertiary/aromatic N) is 2. The van der Waals surface area contributed by atoms with E-state index in [1.54, 1.807) is 0 Å². The van der Waals surface area contributed by atoms with Gasteiger partial charge in [-0.1, -0.05) is 26.7 Å². The van der Waals surface area contributed by atoms with E-state index in [4.69, 9.17) is 10.7 Å². The number of hydrogen-bond donors (Lipinski definition) is 1. The summed E-state index contributed by atoms with van der Waals surface area (Å²) in [5.74, 6) is 2.92. The highest BCUT2D eigenvalue weighted by Gasteiger charge is 2.20. The molecule has 3 rings (SSSR count). The monoisotopic (exact) mass is 271 g/mol. The van der Waals surface area contributed by atoms with Crippen molar-refractivity contribution in [2.45, 2.75) is 52.5 Å². The Balaban J connectivity index is 1.89. The fourth-order valence-corrected chi connectivity index (χ4v) is 3.44. The molecule has 0 atom stereocenters. The molecule has 0 unspecified atom stereocenters. The summed E-state index contributed by atoms with van der Waals surface area (Å²) in [6.45, 7) is 5.68. The Bertz CT molecular complexity index is 592. The molecule has 0 aliphatic heterocycles. The molecule has 0 bridgehead atoms. The summed E-state index contributed by atoms with van der Waals surface area (Å²) in [5.41, 5.74) is 8.97. The molecule has 1 aliphatic carbocycles. The van der Waals surface area contributed by atoms with Crippen molar-refractivity contribution in [2.75, 3.05) is 5.73 Å². The van der Waals surface area contributed by atoms with Crippen LogP contribution >= 0.6 is 0 Å². The average molecular weight is 271 g/mol. The van der Waals surface area contributed by atoms with Gasteiger partial charge in [0.15, 0.2) is 0 Å². The normalized spacial score (nSPS) is 23.3. The molecule has 1 heterocycles. The molecule has 20 heavy (non-hydrogen) atoms. The summed E-state index contributed by atoms with van der Waals surface area (Å²) in [5, 5.41) is 0. The number of hydrogen-bond acceptors (Lipinski definition) is 2. The lowest BCUT2D eigenvalue weighted by Crippen LogP contribution is -2.18. The van der Waals surface area contributed by atoms with Crippen LogP contribution in [-0.4, -0.2) is 9.55 Å². The predicted octanol–water partition coefficient (Wildman–Crippen LogP) is 4.01. The lowest BCUT2D eigenvalue weighted by molar-refractivity contribution is 0.265. The second-order valence-corrected chi connectivity index (χ2v) is 6.37. The van der Waals surface area contributed by atoms with E-state index in [0.717, 1.165) is 36.0 Å². The topological polar surface area (TPSA) is 43.8 Å². The van der Waals surface area contributed by atoms with Gasteiger partial charge in [0.2, 0.25) is 0 Å². The van der Waals surface area contributed by atoms with Gasteiger partial charge in [0, 0.05) is 18.7 Å². The van der Waals surface area contributed by atoms with Gasteiger partial charge in [-0.15, -0.1) is 0 Å². The molecule has 2 aromatic rings. The van der Waals surface area contributed by atoms with Crippen LogP contribution in [0.3, 0.4) is 0 Å². The molecular weight excluding hydrogens is 246 g/mol. The molecule has 0 radical (unpaired) electrons. The Labute approximate surface area is 121 Å². The number of aryl methyl sites for hydroxylation is 1. The van der Waals surface area contributed by atoms with Gasteiger partial charge in [0.1, 0.15) is 5.82 Å². The number of rotatable bonds is 3. The third-order valence-corrected chi connectivity index (χ3v) is 4.74. The Kier molecular flexibility index (Phi) is 3.68. The minimum absolute atomic E-state index is 0.802. The molecule has 3 nitrogen and oxygen atoms in total. The summed E-state index contributed by atoms with van der Waals surface area (Å²) in [4.78, 5) is 4.76. The predicted molar refractivity (Wildman–Crippen MR) is 84.6 cm³/mol. The molecule has 1 aliphatic rings. The van der Waals surface area contributed by atoms with E-state index < -0.39 is 0 Å². The van der Waals surface area contributed by atoms with Gasteiger partial charge in [-0.3, -0.25) is 0 Å². The maximum atomic E-state index is 5.87. The maximum absolute atomic E-state index is 5.87. The summed E-state index contributed by atoms with van der Waals surface area (Å²) in [6, 6.07) is 6.11. The fraction of sp³-hybridized carbons (Fsp3) is 0.588. The second-order valence-electron chi connectivity index (χ2n) is 6.37. The molecule has 1 fully saturated rings. The van der Waals surface area contributed by atoms with E-state index in [1.807, 2.05) is 12.1 Å². The summed E-state index contributed by atoms with van der Waals surface area (Å²) in [6.07, 6.45) is 6.47. The zero-order chi connectivity index (χ0) is 14.1. The molecule has 0 amide bonds. The van der Waals surface area contributed by atoms with E-state index in [1.165, 1.54) is 37.0 Å². The van der Waals surface area contributed by atoms with Gasteiger partial charge in [-0.2, -0.15) is 0 Å². The Hall–Kier alpha value is -1.51. The van der Waals surface area contributed by atoms with Gasteiger partial charge < -0.3 is 10.3 Å². The third-order valence-electron chi connectivity index (χ3n) is 4.74. The lowest BCUT2D eigenvalue weighted by atomic mass is 9.83. The van der Waals surface area contributed by atoms with Crippen molar-refractivity contribution < 1.29 is 0 Å². The van der Waals surface area contributed by atoms with Gasteiger partial charge >= 0.3 is 0 Å². The first-order valence-corrected chi connectivity index (χ1v) is 7.92. The van der Waals surface area contributed by atoms with Crippen molar-refractivity contribution in [1.29, 1.82) is 0 Å². The van der Waals surface area contributed by atoms with Crippen molar-refractivity contribution >= 4 is 16.7 Å². The van der Waals surface area contributed by atoms with E-state index in [-0.39, 0.29) is 0 Å². The van der Waals surface area contributed by atoms with Crippen LogP contribution in [0.4, 0.5) is 5.69 Å². The fourth-order valence-electron chi connectivity index (χ4n) is 3.44.